The van der Waals surface area contributed by atoms with Gasteiger partial charge in [-0.25, -0.2) is 0 Å². The van der Waals surface area contributed by atoms with Gasteiger partial charge >= 0.3 is 0 Å². The molecule has 2 N–H and O–H groups in total. The summed E-state index contributed by atoms with van der Waals surface area (Å²) in [7, 11) is -1.20. The van der Waals surface area contributed by atoms with Crippen LogP contribution in [0, 0.1) is 0 Å². The van der Waals surface area contributed by atoms with Gasteiger partial charge in [0, 0.05) is 10.8 Å². The summed E-state index contributed by atoms with van der Waals surface area (Å²) in [5.74, 6) is -0.362. The summed E-state index contributed by atoms with van der Waals surface area (Å²) in [4.78, 5) is 23.4. The molecule has 0 spiro atoms. The van der Waals surface area contributed by atoms with Crippen molar-refractivity contribution in [2.24, 2.45) is 5.73 Å². The number of hydrogen-bond donors (Lipinski definition) is 1. The zero-order chi connectivity index (χ0) is 13.1. The molecule has 0 aliphatic carbocycles. The number of β-lactam (4-membered cyclic amide) rings is 1. The molecule has 1 aromatic rings. The van der Waals surface area contributed by atoms with Gasteiger partial charge in [0.2, 0.25) is 11.8 Å². The van der Waals surface area contributed by atoms with Crippen LogP contribution in [0.25, 0.3) is 0 Å². The van der Waals surface area contributed by atoms with Gasteiger partial charge in [-0.3, -0.25) is 13.8 Å². The molecule has 1 aliphatic heterocycles. The average Bonchev–Trinajstić information content (AvgIpc) is 2.34. The van der Waals surface area contributed by atoms with E-state index in [0.717, 1.165) is 5.56 Å². The smallest absolute Gasteiger partial charge is 0.237 e. The first kappa shape index (κ1) is 12.8. The molecule has 96 valence electrons. The van der Waals surface area contributed by atoms with E-state index in [-0.39, 0.29) is 24.2 Å². The molecule has 0 aromatic heterocycles. The van der Waals surface area contributed by atoms with E-state index in [1.807, 2.05) is 30.3 Å². The SMILES string of the molecule is NC(=O)CN1C(=O)CC1S(=O)Cc1ccccc1. The number of amides is 2. The minimum atomic E-state index is -1.20. The summed E-state index contributed by atoms with van der Waals surface area (Å²) in [5, 5.41) is -0.384. The quantitative estimate of drug-likeness (QED) is 0.760. The minimum absolute atomic E-state index is 0.149. The topological polar surface area (TPSA) is 80.5 Å². The fourth-order valence-corrected chi connectivity index (χ4v) is 3.37. The van der Waals surface area contributed by atoms with Crippen LogP contribution in [0.15, 0.2) is 30.3 Å². The Morgan fingerprint density at radius 3 is 2.61 bits per heavy atom. The Morgan fingerprint density at radius 2 is 2.06 bits per heavy atom. The van der Waals surface area contributed by atoms with Crippen molar-refractivity contribution in [3.05, 3.63) is 35.9 Å². The van der Waals surface area contributed by atoms with Gasteiger partial charge in [0.15, 0.2) is 0 Å². The van der Waals surface area contributed by atoms with E-state index in [1.54, 1.807) is 0 Å². The molecule has 5 nitrogen and oxygen atoms in total. The van der Waals surface area contributed by atoms with Gasteiger partial charge in [-0.2, -0.15) is 0 Å². The van der Waals surface area contributed by atoms with Gasteiger partial charge in [-0.05, 0) is 5.56 Å². The van der Waals surface area contributed by atoms with Crippen LogP contribution in [-0.2, 0) is 26.1 Å². The van der Waals surface area contributed by atoms with E-state index in [9.17, 15) is 13.8 Å². The molecule has 1 saturated heterocycles. The second kappa shape index (κ2) is 5.30. The predicted octanol–water partition coefficient (Wildman–Crippen LogP) is -0.0210. The number of likely N-dealkylation sites (tertiary alicyclic amines) is 1. The Balaban J connectivity index is 1.98. The second-order valence-electron chi connectivity index (χ2n) is 4.16. The fraction of sp³-hybridized carbons (Fsp3) is 0.333. The molecule has 1 aliphatic rings. The first-order chi connectivity index (χ1) is 8.58. The van der Waals surface area contributed by atoms with Crippen molar-refractivity contribution in [3.63, 3.8) is 0 Å². The molecule has 0 radical (unpaired) electrons. The van der Waals surface area contributed by atoms with Crippen molar-refractivity contribution in [2.75, 3.05) is 6.54 Å². The fourth-order valence-electron chi connectivity index (χ4n) is 1.85. The molecule has 2 unspecified atom stereocenters. The number of benzene rings is 1. The van der Waals surface area contributed by atoms with Crippen LogP contribution in [0.5, 0.6) is 0 Å². The summed E-state index contributed by atoms with van der Waals surface area (Å²) >= 11 is 0. The maximum Gasteiger partial charge on any atom is 0.237 e. The van der Waals surface area contributed by atoms with Gasteiger partial charge in [0.25, 0.3) is 0 Å². The van der Waals surface area contributed by atoms with Crippen molar-refractivity contribution in [1.82, 2.24) is 4.90 Å². The summed E-state index contributed by atoms with van der Waals surface area (Å²) in [5.41, 5.74) is 6.00. The first-order valence-corrected chi connectivity index (χ1v) is 6.95. The second-order valence-corrected chi connectivity index (χ2v) is 5.75. The molecule has 0 bridgehead atoms. The van der Waals surface area contributed by atoms with Gasteiger partial charge in [-0.1, -0.05) is 30.3 Å². The molecule has 2 atom stereocenters. The highest BCUT2D eigenvalue weighted by Crippen LogP contribution is 2.23. The van der Waals surface area contributed by atoms with Crippen molar-refractivity contribution < 1.29 is 13.8 Å². The zero-order valence-corrected chi connectivity index (χ0v) is 10.6. The Labute approximate surface area is 107 Å². The largest absolute Gasteiger partial charge is 0.368 e. The molecule has 1 aromatic carbocycles. The molecule has 2 rings (SSSR count). The Hall–Kier alpha value is -1.69. The van der Waals surface area contributed by atoms with Gasteiger partial charge < -0.3 is 10.6 Å². The lowest BCUT2D eigenvalue weighted by Gasteiger charge is -2.38. The molecule has 0 saturated carbocycles. The molecular weight excluding hydrogens is 252 g/mol. The molecule has 2 amide bonds. The summed E-state index contributed by atoms with van der Waals surface area (Å²) in [6.07, 6.45) is 0.229. The maximum atomic E-state index is 12.1. The standard InChI is InChI=1S/C12H14N2O3S/c13-10(15)7-14-11(16)6-12(14)18(17)8-9-4-2-1-3-5-9/h1-5,12H,6-8H2,(H2,13,15). The van der Waals surface area contributed by atoms with Crippen LogP contribution in [0.1, 0.15) is 12.0 Å². The highest BCUT2D eigenvalue weighted by Gasteiger charge is 2.40. The molecule has 1 heterocycles. The highest BCUT2D eigenvalue weighted by atomic mass is 32.2. The number of nitrogens with two attached hydrogens (primary N) is 1. The predicted molar refractivity (Wildman–Crippen MR) is 67.6 cm³/mol. The normalized spacial score (nSPS) is 20.3. The summed E-state index contributed by atoms with van der Waals surface area (Å²) < 4.78 is 12.1. The van der Waals surface area contributed by atoms with Crippen LogP contribution >= 0.6 is 0 Å². The van der Waals surface area contributed by atoms with E-state index in [1.165, 1.54) is 4.90 Å². The molecule has 1 fully saturated rings. The number of primary amides is 1. The monoisotopic (exact) mass is 266 g/mol. The lowest BCUT2D eigenvalue weighted by Crippen LogP contribution is -2.57. The minimum Gasteiger partial charge on any atom is -0.368 e. The Kier molecular flexibility index (Phi) is 3.76. The van der Waals surface area contributed by atoms with Crippen LogP contribution in [0.2, 0.25) is 0 Å². The van der Waals surface area contributed by atoms with E-state index in [4.69, 9.17) is 5.73 Å². The number of nitrogens with zero attached hydrogens (tertiary/aromatic N) is 1. The summed E-state index contributed by atoms with van der Waals surface area (Å²) in [6, 6.07) is 9.41. The highest BCUT2D eigenvalue weighted by molar-refractivity contribution is 7.85. The van der Waals surface area contributed by atoms with E-state index in [0.29, 0.717) is 5.75 Å². The van der Waals surface area contributed by atoms with Crippen molar-refractivity contribution in [2.45, 2.75) is 17.5 Å². The number of hydrogen-bond acceptors (Lipinski definition) is 3. The van der Waals surface area contributed by atoms with Crippen LogP contribution in [0.4, 0.5) is 0 Å². The van der Waals surface area contributed by atoms with Crippen LogP contribution in [0.3, 0.4) is 0 Å². The van der Waals surface area contributed by atoms with Crippen molar-refractivity contribution in [1.29, 1.82) is 0 Å². The van der Waals surface area contributed by atoms with Crippen molar-refractivity contribution >= 4 is 22.6 Å². The van der Waals surface area contributed by atoms with Crippen LogP contribution in [-0.4, -0.2) is 32.8 Å². The molecule has 6 heteroatoms. The average molecular weight is 266 g/mol. The third kappa shape index (κ3) is 2.76. The van der Waals surface area contributed by atoms with E-state index in [2.05, 4.69) is 0 Å². The van der Waals surface area contributed by atoms with Gasteiger partial charge in [0.05, 0.1) is 12.2 Å². The lowest BCUT2D eigenvalue weighted by atomic mass is 10.2. The third-order valence-corrected chi connectivity index (χ3v) is 4.44. The van der Waals surface area contributed by atoms with E-state index < -0.39 is 16.7 Å². The van der Waals surface area contributed by atoms with Crippen molar-refractivity contribution in [3.8, 4) is 0 Å². The number of carbonyl (C=O) groups is 2. The Morgan fingerprint density at radius 1 is 1.39 bits per heavy atom. The zero-order valence-electron chi connectivity index (χ0n) is 9.74. The number of rotatable bonds is 5. The Bertz CT molecular complexity index is 489. The molecular formula is C12H14N2O3S. The molecule has 18 heavy (non-hydrogen) atoms. The summed E-state index contributed by atoms with van der Waals surface area (Å²) in [6.45, 7) is -0.149. The number of carbonyl (C=O) groups excluding carboxylic acids is 2. The van der Waals surface area contributed by atoms with Gasteiger partial charge in [-0.15, -0.1) is 0 Å². The maximum absolute atomic E-state index is 12.1. The third-order valence-electron chi connectivity index (χ3n) is 2.80. The van der Waals surface area contributed by atoms with Gasteiger partial charge in [0.1, 0.15) is 11.9 Å². The first-order valence-electron chi connectivity index (χ1n) is 5.57. The van der Waals surface area contributed by atoms with Crippen LogP contribution < -0.4 is 5.73 Å². The lowest BCUT2D eigenvalue weighted by molar-refractivity contribution is -0.144. The van der Waals surface area contributed by atoms with E-state index >= 15 is 0 Å².